The van der Waals surface area contributed by atoms with Crippen molar-refractivity contribution in [1.29, 1.82) is 0 Å². The van der Waals surface area contributed by atoms with E-state index in [0.717, 1.165) is 23.0 Å². The van der Waals surface area contributed by atoms with Crippen LogP contribution in [0.4, 0.5) is 14.5 Å². The first-order valence-electron chi connectivity index (χ1n) is 9.19. The van der Waals surface area contributed by atoms with E-state index in [4.69, 9.17) is 9.47 Å². The highest BCUT2D eigenvalue weighted by molar-refractivity contribution is 5.90. The third-order valence-corrected chi connectivity index (χ3v) is 4.56. The van der Waals surface area contributed by atoms with Crippen LogP contribution in [-0.2, 0) is 11.3 Å². The molecule has 0 unspecified atom stereocenters. The van der Waals surface area contributed by atoms with Crippen molar-refractivity contribution in [1.82, 2.24) is 24.5 Å². The molecular weight excluding hydrogens is 426 g/mol. The Morgan fingerprint density at radius 1 is 1.09 bits per heavy atom. The first-order chi connectivity index (χ1) is 15.4. The van der Waals surface area contributed by atoms with Crippen molar-refractivity contribution >= 4 is 22.8 Å². The third kappa shape index (κ3) is 3.85. The fourth-order valence-electron chi connectivity index (χ4n) is 3.02. The van der Waals surface area contributed by atoms with Crippen LogP contribution in [0.5, 0.6) is 11.5 Å². The summed E-state index contributed by atoms with van der Waals surface area (Å²) in [6.45, 7) is -0.457. The largest absolute Gasteiger partial charge is 0.493 e. The Labute approximate surface area is 179 Å². The van der Waals surface area contributed by atoms with E-state index in [-0.39, 0.29) is 16.9 Å². The smallest absolute Gasteiger partial charge is 0.284 e. The summed E-state index contributed by atoms with van der Waals surface area (Å²) in [4.78, 5) is 29.2. The molecule has 2 aromatic carbocycles. The minimum absolute atomic E-state index is 0.0666. The number of amides is 1. The summed E-state index contributed by atoms with van der Waals surface area (Å²) in [6, 6.07) is 7.73. The number of hydrogen-bond donors (Lipinski definition) is 1. The molecule has 4 rings (SSSR count). The van der Waals surface area contributed by atoms with Crippen molar-refractivity contribution in [2.24, 2.45) is 0 Å². The van der Waals surface area contributed by atoms with Gasteiger partial charge in [-0.25, -0.2) is 13.8 Å². The molecule has 0 fully saturated rings. The molecular formula is C20H16F2N6O4. The molecule has 0 bridgehead atoms. The van der Waals surface area contributed by atoms with Crippen LogP contribution in [-0.4, -0.2) is 44.7 Å². The molecule has 2 aromatic heterocycles. The number of nitrogens with one attached hydrogen (secondary N) is 1. The molecule has 1 amide bonds. The molecule has 0 spiro atoms. The summed E-state index contributed by atoms with van der Waals surface area (Å²) in [5, 5.41) is 10.1. The van der Waals surface area contributed by atoms with Gasteiger partial charge in [0.05, 0.1) is 25.6 Å². The second kappa shape index (κ2) is 8.41. The van der Waals surface area contributed by atoms with E-state index in [9.17, 15) is 18.4 Å². The maximum Gasteiger partial charge on any atom is 0.284 e. The average Bonchev–Trinajstić information content (AvgIpc) is 3.22. The summed E-state index contributed by atoms with van der Waals surface area (Å²) in [5.41, 5.74) is -0.194. The predicted octanol–water partition coefficient (Wildman–Crippen LogP) is 1.91. The van der Waals surface area contributed by atoms with Gasteiger partial charge in [-0.05, 0) is 24.3 Å². The highest BCUT2D eigenvalue weighted by atomic mass is 19.1. The van der Waals surface area contributed by atoms with E-state index in [1.807, 2.05) is 0 Å². The number of benzene rings is 2. The molecule has 0 atom stereocenters. The lowest BCUT2D eigenvalue weighted by Gasteiger charge is -2.10. The molecule has 32 heavy (non-hydrogen) atoms. The lowest BCUT2D eigenvalue weighted by molar-refractivity contribution is -0.116. The molecule has 0 aliphatic rings. The van der Waals surface area contributed by atoms with Gasteiger partial charge in [-0.2, -0.15) is 4.68 Å². The average molecular weight is 442 g/mol. The summed E-state index contributed by atoms with van der Waals surface area (Å²) >= 11 is 0. The summed E-state index contributed by atoms with van der Waals surface area (Å²) in [6.07, 6.45) is 1.16. The van der Waals surface area contributed by atoms with E-state index < -0.39 is 29.6 Å². The van der Waals surface area contributed by atoms with Crippen LogP contribution in [0.3, 0.4) is 0 Å². The molecule has 10 nitrogen and oxygen atoms in total. The fourth-order valence-corrected chi connectivity index (χ4v) is 3.02. The zero-order valence-electron chi connectivity index (χ0n) is 16.9. The van der Waals surface area contributed by atoms with Crippen LogP contribution in [0.1, 0.15) is 0 Å². The van der Waals surface area contributed by atoms with Gasteiger partial charge in [0.2, 0.25) is 5.91 Å². The SMILES string of the molecule is COc1ccc(-n2nnc3c(=O)n(CC(=O)Nc4ccc(F)cc4F)cnc32)cc1OC. The maximum absolute atomic E-state index is 13.7. The van der Waals surface area contributed by atoms with Crippen molar-refractivity contribution in [2.75, 3.05) is 19.5 Å². The van der Waals surface area contributed by atoms with Crippen molar-refractivity contribution < 1.29 is 23.0 Å². The van der Waals surface area contributed by atoms with Gasteiger partial charge in [-0.3, -0.25) is 14.2 Å². The van der Waals surface area contributed by atoms with Gasteiger partial charge in [0, 0.05) is 12.1 Å². The Morgan fingerprint density at radius 2 is 1.88 bits per heavy atom. The molecule has 164 valence electrons. The lowest BCUT2D eigenvalue weighted by atomic mass is 10.2. The molecule has 4 aromatic rings. The fraction of sp³-hybridized carbons (Fsp3) is 0.150. The Morgan fingerprint density at radius 3 is 2.59 bits per heavy atom. The van der Waals surface area contributed by atoms with E-state index in [2.05, 4.69) is 20.6 Å². The molecule has 2 heterocycles. The van der Waals surface area contributed by atoms with Crippen molar-refractivity contribution in [3.8, 4) is 17.2 Å². The van der Waals surface area contributed by atoms with Gasteiger partial charge in [0.1, 0.15) is 24.5 Å². The molecule has 1 N–H and O–H groups in total. The van der Waals surface area contributed by atoms with Gasteiger partial charge in [-0.1, -0.05) is 5.21 Å². The van der Waals surface area contributed by atoms with Crippen LogP contribution in [0.15, 0.2) is 47.5 Å². The van der Waals surface area contributed by atoms with Gasteiger partial charge in [-0.15, -0.1) is 5.10 Å². The lowest BCUT2D eigenvalue weighted by Crippen LogP contribution is -2.28. The van der Waals surface area contributed by atoms with Crippen LogP contribution >= 0.6 is 0 Å². The standard InChI is InChI=1S/C20H16F2N6O4/c1-31-15-6-4-12(8-16(15)32-2)28-19-18(25-26-28)20(30)27(10-23-19)9-17(29)24-14-5-3-11(21)7-13(14)22/h3-8,10H,9H2,1-2H3,(H,24,29). The second-order valence-electron chi connectivity index (χ2n) is 6.56. The zero-order valence-corrected chi connectivity index (χ0v) is 16.9. The van der Waals surface area contributed by atoms with Gasteiger partial charge in [0.15, 0.2) is 22.7 Å². The summed E-state index contributed by atoms with van der Waals surface area (Å²) in [5.74, 6) is -1.45. The van der Waals surface area contributed by atoms with Crippen molar-refractivity contribution in [2.45, 2.75) is 6.54 Å². The van der Waals surface area contributed by atoms with Gasteiger partial charge in [0.25, 0.3) is 5.56 Å². The number of aromatic nitrogens is 5. The number of halogens is 2. The minimum Gasteiger partial charge on any atom is -0.493 e. The Balaban J connectivity index is 1.62. The molecule has 0 saturated heterocycles. The molecule has 12 heteroatoms. The van der Waals surface area contributed by atoms with Crippen LogP contribution in [0, 0.1) is 11.6 Å². The summed E-state index contributed by atoms with van der Waals surface area (Å²) in [7, 11) is 2.99. The molecule has 0 saturated carbocycles. The van der Waals surface area contributed by atoms with Crippen molar-refractivity contribution in [3.63, 3.8) is 0 Å². The number of ether oxygens (including phenoxy) is 2. The van der Waals surface area contributed by atoms with Gasteiger partial charge < -0.3 is 14.8 Å². The number of hydrogen-bond acceptors (Lipinski definition) is 7. The van der Waals surface area contributed by atoms with Crippen molar-refractivity contribution in [3.05, 3.63) is 64.7 Å². The Kier molecular flexibility index (Phi) is 5.50. The molecule has 0 aliphatic heterocycles. The quantitative estimate of drug-likeness (QED) is 0.485. The number of methoxy groups -OCH3 is 2. The predicted molar refractivity (Wildman–Crippen MR) is 109 cm³/mol. The molecule has 0 radical (unpaired) electrons. The Bertz CT molecular complexity index is 1380. The number of nitrogens with zero attached hydrogens (tertiary/aromatic N) is 5. The Hall–Kier alpha value is -4.35. The highest BCUT2D eigenvalue weighted by Crippen LogP contribution is 2.29. The number of rotatable bonds is 6. The monoisotopic (exact) mass is 442 g/mol. The third-order valence-electron chi connectivity index (χ3n) is 4.56. The second-order valence-corrected chi connectivity index (χ2v) is 6.56. The van der Waals surface area contributed by atoms with Crippen LogP contribution in [0.25, 0.3) is 16.9 Å². The normalized spacial score (nSPS) is 10.9. The number of carbonyl (C=O) groups is 1. The molecule has 0 aliphatic carbocycles. The minimum atomic E-state index is -0.933. The number of anilines is 1. The zero-order chi connectivity index (χ0) is 22.8. The summed E-state index contributed by atoms with van der Waals surface area (Å²) < 4.78 is 39.6. The number of carbonyl (C=O) groups excluding carboxylic acids is 1. The topological polar surface area (TPSA) is 113 Å². The van der Waals surface area contributed by atoms with E-state index in [1.54, 1.807) is 18.2 Å². The number of fused-ring (bicyclic) bond motifs is 1. The van der Waals surface area contributed by atoms with Crippen LogP contribution in [0.2, 0.25) is 0 Å². The van der Waals surface area contributed by atoms with Crippen LogP contribution < -0.4 is 20.3 Å². The first-order valence-corrected chi connectivity index (χ1v) is 9.19. The first kappa shape index (κ1) is 20.9. The van der Waals surface area contributed by atoms with E-state index in [1.165, 1.54) is 18.9 Å². The van der Waals surface area contributed by atoms with E-state index >= 15 is 0 Å². The highest BCUT2D eigenvalue weighted by Gasteiger charge is 2.17. The maximum atomic E-state index is 13.7. The van der Waals surface area contributed by atoms with Gasteiger partial charge >= 0.3 is 0 Å². The van der Waals surface area contributed by atoms with E-state index in [0.29, 0.717) is 23.3 Å².